The number of hydrogen-bond acceptors (Lipinski definition) is 2. The lowest BCUT2D eigenvalue weighted by Crippen LogP contribution is -2.61. The summed E-state index contributed by atoms with van der Waals surface area (Å²) in [5.41, 5.74) is 2.69. The molecule has 2 saturated heterocycles. The van der Waals surface area contributed by atoms with Gasteiger partial charge in [-0.1, -0.05) is 42.5 Å². The lowest BCUT2D eigenvalue weighted by Gasteiger charge is -2.50. The second-order valence-corrected chi connectivity index (χ2v) is 6.05. The van der Waals surface area contributed by atoms with E-state index < -0.39 is 0 Å². The normalized spacial score (nSPS) is 26.6. The molecule has 3 heteroatoms. The first-order chi connectivity index (χ1) is 9.63. The van der Waals surface area contributed by atoms with Gasteiger partial charge in [0.25, 0.3) is 0 Å². The third kappa shape index (κ3) is 2.63. The highest BCUT2D eigenvalue weighted by Crippen LogP contribution is 2.32. The van der Waals surface area contributed by atoms with Crippen molar-refractivity contribution in [3.8, 4) is 0 Å². The van der Waals surface area contributed by atoms with Crippen LogP contribution in [0.5, 0.6) is 0 Å². The molecule has 2 unspecified atom stereocenters. The van der Waals surface area contributed by atoms with E-state index in [0.717, 1.165) is 32.5 Å². The van der Waals surface area contributed by atoms with Crippen molar-refractivity contribution in [1.29, 1.82) is 0 Å². The average Bonchev–Trinajstić information content (AvgIpc) is 2.40. The Morgan fingerprint density at radius 2 is 1.80 bits per heavy atom. The summed E-state index contributed by atoms with van der Waals surface area (Å²) >= 11 is 0. The number of rotatable bonds is 2. The molecule has 3 nitrogen and oxygen atoms in total. The fraction of sp³-hybridized carbons (Fsp3) is 0.471. The minimum atomic E-state index is 0.201. The molecule has 0 N–H and O–H groups in total. The predicted molar refractivity (Wildman–Crippen MR) is 80.2 cm³/mol. The largest absolute Gasteiger partial charge is 0.340 e. The molecule has 2 heterocycles. The van der Waals surface area contributed by atoms with E-state index >= 15 is 0 Å². The van der Waals surface area contributed by atoms with Crippen molar-refractivity contribution >= 4 is 5.91 Å². The summed E-state index contributed by atoms with van der Waals surface area (Å²) in [6, 6.07) is 11.5. The molecule has 3 rings (SSSR count). The van der Waals surface area contributed by atoms with Crippen LogP contribution in [0.25, 0.3) is 0 Å². The highest BCUT2D eigenvalue weighted by molar-refractivity contribution is 5.73. The van der Waals surface area contributed by atoms with Gasteiger partial charge in [0.05, 0.1) is 0 Å². The topological polar surface area (TPSA) is 23.6 Å². The van der Waals surface area contributed by atoms with Crippen molar-refractivity contribution in [3.63, 3.8) is 0 Å². The number of carbonyl (C=O) groups is 1. The summed E-state index contributed by atoms with van der Waals surface area (Å²) in [5, 5.41) is 0. The van der Waals surface area contributed by atoms with Crippen LogP contribution in [0.3, 0.4) is 0 Å². The maximum absolute atomic E-state index is 11.7. The molecule has 106 valence electrons. The molecular weight excluding hydrogens is 248 g/mol. The fourth-order valence-electron chi connectivity index (χ4n) is 3.51. The van der Waals surface area contributed by atoms with Crippen molar-refractivity contribution in [2.45, 2.75) is 38.4 Å². The number of nitrogens with zero attached hydrogens (tertiary/aromatic N) is 2. The van der Waals surface area contributed by atoms with Gasteiger partial charge >= 0.3 is 0 Å². The smallest absolute Gasteiger partial charge is 0.219 e. The van der Waals surface area contributed by atoms with Gasteiger partial charge in [-0.15, -0.1) is 0 Å². The minimum Gasteiger partial charge on any atom is -0.340 e. The van der Waals surface area contributed by atoms with E-state index in [0.29, 0.717) is 12.1 Å². The van der Waals surface area contributed by atoms with E-state index in [-0.39, 0.29) is 5.91 Å². The van der Waals surface area contributed by atoms with Gasteiger partial charge in [-0.25, -0.2) is 0 Å². The fourth-order valence-corrected chi connectivity index (χ4v) is 3.51. The number of carbonyl (C=O) groups excluding carboxylic acids is 1. The highest BCUT2D eigenvalue weighted by Gasteiger charge is 2.39. The van der Waals surface area contributed by atoms with Gasteiger partial charge in [0, 0.05) is 38.6 Å². The van der Waals surface area contributed by atoms with Gasteiger partial charge in [-0.05, 0) is 18.4 Å². The molecule has 0 aliphatic carbocycles. The van der Waals surface area contributed by atoms with Gasteiger partial charge in [0.15, 0.2) is 0 Å². The summed E-state index contributed by atoms with van der Waals surface area (Å²) in [5.74, 6) is 0.201. The van der Waals surface area contributed by atoms with Crippen LogP contribution in [0.4, 0.5) is 0 Å². The first-order valence-electron chi connectivity index (χ1n) is 7.35. The predicted octanol–water partition coefficient (Wildman–Crippen LogP) is 2.44. The molecule has 2 fully saturated rings. The molecule has 0 spiro atoms. The number of likely N-dealkylation sites (tertiary alicyclic amines) is 1. The van der Waals surface area contributed by atoms with Crippen molar-refractivity contribution in [3.05, 3.63) is 48.0 Å². The Bertz CT molecular complexity index is 493. The van der Waals surface area contributed by atoms with E-state index in [1.165, 1.54) is 11.1 Å². The molecule has 0 aromatic heterocycles. The molecule has 2 atom stereocenters. The summed E-state index contributed by atoms with van der Waals surface area (Å²) in [6.45, 7) is 8.53. The van der Waals surface area contributed by atoms with E-state index in [1.54, 1.807) is 6.92 Å². The lowest BCUT2D eigenvalue weighted by molar-refractivity contribution is -0.134. The quantitative estimate of drug-likeness (QED) is 0.771. The van der Waals surface area contributed by atoms with Crippen molar-refractivity contribution in [2.24, 2.45) is 0 Å². The minimum absolute atomic E-state index is 0.201. The first-order valence-corrected chi connectivity index (χ1v) is 7.35. The zero-order valence-corrected chi connectivity index (χ0v) is 12.1. The van der Waals surface area contributed by atoms with Gasteiger partial charge in [0.1, 0.15) is 0 Å². The lowest BCUT2D eigenvalue weighted by atomic mass is 9.87. The zero-order valence-electron chi connectivity index (χ0n) is 12.1. The number of benzene rings is 1. The van der Waals surface area contributed by atoms with E-state index in [2.05, 4.69) is 41.8 Å². The molecule has 2 bridgehead atoms. The zero-order chi connectivity index (χ0) is 14.1. The molecule has 2 aliphatic rings. The summed E-state index contributed by atoms with van der Waals surface area (Å²) in [4.78, 5) is 16.2. The van der Waals surface area contributed by atoms with Crippen LogP contribution in [0.2, 0.25) is 0 Å². The average molecular weight is 270 g/mol. The molecule has 20 heavy (non-hydrogen) atoms. The van der Waals surface area contributed by atoms with Crippen LogP contribution in [-0.4, -0.2) is 40.9 Å². The third-order valence-electron chi connectivity index (χ3n) is 4.50. The molecule has 2 aliphatic heterocycles. The standard InChI is InChI=1S/C17H22N2O/c1-13-8-16-11-18(14(2)20)12-17(9-13)19(16)10-15-6-4-3-5-7-15/h3-7,16-17H,1,8-12H2,2H3. The second-order valence-electron chi connectivity index (χ2n) is 6.05. The number of hydrogen-bond donors (Lipinski definition) is 0. The molecule has 1 aromatic rings. The molecule has 1 amide bonds. The Kier molecular flexibility index (Phi) is 3.62. The number of piperazine rings is 1. The van der Waals surface area contributed by atoms with Gasteiger partial charge in [-0.2, -0.15) is 0 Å². The van der Waals surface area contributed by atoms with Gasteiger partial charge in [-0.3, -0.25) is 9.69 Å². The van der Waals surface area contributed by atoms with Crippen LogP contribution in [0, 0.1) is 0 Å². The van der Waals surface area contributed by atoms with Gasteiger partial charge in [0.2, 0.25) is 5.91 Å². The van der Waals surface area contributed by atoms with Crippen LogP contribution in [0.1, 0.15) is 25.3 Å². The van der Waals surface area contributed by atoms with Crippen molar-refractivity contribution in [1.82, 2.24) is 9.80 Å². The van der Waals surface area contributed by atoms with Gasteiger partial charge < -0.3 is 4.90 Å². The highest BCUT2D eigenvalue weighted by atomic mass is 16.2. The summed E-state index contributed by atoms with van der Waals surface area (Å²) in [6.07, 6.45) is 2.04. The Labute approximate surface area is 120 Å². The second kappa shape index (κ2) is 5.41. The van der Waals surface area contributed by atoms with Crippen LogP contribution in [-0.2, 0) is 11.3 Å². The van der Waals surface area contributed by atoms with Crippen LogP contribution in [0.15, 0.2) is 42.5 Å². The van der Waals surface area contributed by atoms with E-state index in [1.807, 2.05) is 4.90 Å². The molecular formula is C17H22N2O. The summed E-state index contributed by atoms with van der Waals surface area (Å²) in [7, 11) is 0. The monoisotopic (exact) mass is 270 g/mol. The third-order valence-corrected chi connectivity index (χ3v) is 4.50. The number of amides is 1. The van der Waals surface area contributed by atoms with Crippen molar-refractivity contribution in [2.75, 3.05) is 13.1 Å². The molecule has 0 radical (unpaired) electrons. The SMILES string of the molecule is C=C1CC2CN(C(C)=O)CC(C1)N2Cc1ccccc1. The number of piperidine rings is 1. The van der Waals surface area contributed by atoms with Crippen LogP contribution < -0.4 is 0 Å². The first kappa shape index (κ1) is 13.4. The van der Waals surface area contributed by atoms with Crippen molar-refractivity contribution < 1.29 is 4.79 Å². The maximum Gasteiger partial charge on any atom is 0.219 e. The Hall–Kier alpha value is -1.61. The van der Waals surface area contributed by atoms with Crippen LogP contribution >= 0.6 is 0 Å². The maximum atomic E-state index is 11.7. The summed E-state index contributed by atoms with van der Waals surface area (Å²) < 4.78 is 0. The van der Waals surface area contributed by atoms with E-state index in [4.69, 9.17) is 0 Å². The number of fused-ring (bicyclic) bond motifs is 2. The Balaban J connectivity index is 1.78. The Morgan fingerprint density at radius 1 is 1.20 bits per heavy atom. The van der Waals surface area contributed by atoms with E-state index in [9.17, 15) is 4.79 Å². The molecule has 1 aromatic carbocycles. The Morgan fingerprint density at radius 3 is 2.35 bits per heavy atom. The molecule has 0 saturated carbocycles.